The van der Waals surface area contributed by atoms with Gasteiger partial charge >= 0.3 is 0 Å². The van der Waals surface area contributed by atoms with E-state index in [2.05, 4.69) is 4.72 Å². The molecule has 0 spiro atoms. The van der Waals surface area contributed by atoms with Gasteiger partial charge in [-0.2, -0.15) is 0 Å². The molecule has 28 heavy (non-hydrogen) atoms. The third-order valence-corrected chi connectivity index (χ3v) is 6.45. The van der Waals surface area contributed by atoms with Gasteiger partial charge in [-0.25, -0.2) is 13.1 Å². The van der Waals surface area contributed by atoms with E-state index in [1.807, 2.05) is 6.92 Å². The van der Waals surface area contributed by atoms with Gasteiger partial charge in [-0.1, -0.05) is 0 Å². The van der Waals surface area contributed by atoms with E-state index in [1.54, 1.807) is 30.0 Å². The highest BCUT2D eigenvalue weighted by Gasteiger charge is 2.27. The molecule has 0 radical (unpaired) electrons. The number of amides is 1. The first-order valence-electron chi connectivity index (χ1n) is 9.30. The first-order valence-corrected chi connectivity index (χ1v) is 10.8. The van der Waals surface area contributed by atoms with Crippen molar-refractivity contribution in [3.63, 3.8) is 0 Å². The Hall–Kier alpha value is -2.32. The van der Waals surface area contributed by atoms with Gasteiger partial charge in [0.1, 0.15) is 17.3 Å². The zero-order chi connectivity index (χ0) is 20.3. The van der Waals surface area contributed by atoms with Gasteiger partial charge in [0.15, 0.2) is 0 Å². The molecule has 3 rings (SSSR count). The fraction of sp³-hybridized carbons (Fsp3) is 0.450. The molecule has 1 fully saturated rings. The third kappa shape index (κ3) is 4.56. The topological polar surface area (TPSA) is 88.9 Å². The molecule has 1 aliphatic heterocycles. The van der Waals surface area contributed by atoms with Crippen molar-refractivity contribution in [3.8, 4) is 5.75 Å². The maximum absolute atomic E-state index is 12.8. The molecule has 1 saturated heterocycles. The number of nitrogens with one attached hydrogen (secondary N) is 1. The van der Waals surface area contributed by atoms with E-state index in [1.165, 1.54) is 19.2 Å². The van der Waals surface area contributed by atoms with Crippen molar-refractivity contribution in [2.24, 2.45) is 5.92 Å². The van der Waals surface area contributed by atoms with E-state index in [0.29, 0.717) is 42.5 Å². The smallest absolute Gasteiger partial charge is 0.257 e. The molecular formula is C20H26N2O5S. The Bertz CT molecular complexity index is 934. The zero-order valence-corrected chi connectivity index (χ0v) is 17.2. The minimum absolute atomic E-state index is 0.0583. The first-order chi connectivity index (χ1) is 13.3. The molecule has 7 nitrogen and oxygen atoms in total. The molecule has 0 bridgehead atoms. The lowest BCUT2D eigenvalue weighted by Crippen LogP contribution is -2.43. The van der Waals surface area contributed by atoms with Crippen LogP contribution in [0.4, 0.5) is 0 Å². The molecule has 1 atom stereocenters. The normalized spacial score (nSPS) is 17.5. The first kappa shape index (κ1) is 20.4. The maximum Gasteiger partial charge on any atom is 0.257 e. The van der Waals surface area contributed by atoms with E-state index >= 15 is 0 Å². The summed E-state index contributed by atoms with van der Waals surface area (Å²) in [5.41, 5.74) is 0.581. The summed E-state index contributed by atoms with van der Waals surface area (Å²) in [6.07, 6.45) is 1.72. The van der Waals surface area contributed by atoms with Gasteiger partial charge in [0.05, 0.1) is 17.6 Å². The quantitative estimate of drug-likeness (QED) is 0.797. The van der Waals surface area contributed by atoms with E-state index in [4.69, 9.17) is 9.15 Å². The Labute approximate surface area is 165 Å². The molecule has 0 saturated carbocycles. The number of carbonyl (C=O) groups excluding carboxylic acids is 1. The fourth-order valence-electron chi connectivity index (χ4n) is 3.50. The Morgan fingerprint density at radius 1 is 1.29 bits per heavy atom. The zero-order valence-electron chi connectivity index (χ0n) is 16.4. The number of sulfonamides is 1. The summed E-state index contributed by atoms with van der Waals surface area (Å²) in [5, 5.41) is 0. The van der Waals surface area contributed by atoms with E-state index in [0.717, 1.165) is 12.8 Å². The Morgan fingerprint density at radius 3 is 2.61 bits per heavy atom. The van der Waals surface area contributed by atoms with Crippen molar-refractivity contribution in [1.29, 1.82) is 0 Å². The fourth-order valence-corrected chi connectivity index (χ4v) is 4.61. The van der Waals surface area contributed by atoms with Crippen molar-refractivity contribution >= 4 is 15.9 Å². The van der Waals surface area contributed by atoms with Crippen molar-refractivity contribution in [3.05, 3.63) is 47.4 Å². The molecule has 1 N–H and O–H groups in total. The maximum atomic E-state index is 12.8. The second-order valence-corrected chi connectivity index (χ2v) is 8.88. The summed E-state index contributed by atoms with van der Waals surface area (Å²) in [4.78, 5) is 14.8. The lowest BCUT2D eigenvalue weighted by atomic mass is 9.97. The standard InChI is InChI=1S/C20H26N2O5S/c1-14-11-19(15(2)27-14)20(23)22-10-4-5-16(13-22)12-21-28(24,25)18-8-6-17(26-3)7-9-18/h6-9,11,16,21H,4-5,10,12-13H2,1-3H3/t16-/m0/s1. The Kier molecular flexibility index (Phi) is 6.10. The predicted molar refractivity (Wildman–Crippen MR) is 105 cm³/mol. The Morgan fingerprint density at radius 2 is 2.00 bits per heavy atom. The van der Waals surface area contributed by atoms with Crippen LogP contribution in [0.25, 0.3) is 0 Å². The lowest BCUT2D eigenvalue weighted by Gasteiger charge is -2.32. The number of likely N-dealkylation sites (tertiary alicyclic amines) is 1. The Balaban J connectivity index is 1.61. The number of nitrogens with zero attached hydrogens (tertiary/aromatic N) is 1. The number of aryl methyl sites for hydroxylation is 2. The molecule has 1 amide bonds. The van der Waals surface area contributed by atoms with Crippen LogP contribution in [-0.2, 0) is 10.0 Å². The van der Waals surface area contributed by atoms with Crippen LogP contribution >= 0.6 is 0 Å². The summed E-state index contributed by atoms with van der Waals surface area (Å²) < 4.78 is 38.2. The van der Waals surface area contributed by atoms with Crippen LogP contribution in [0.5, 0.6) is 5.75 Å². The van der Waals surface area contributed by atoms with E-state index < -0.39 is 10.0 Å². The predicted octanol–water partition coefficient (Wildman–Crippen LogP) is 2.74. The van der Waals surface area contributed by atoms with Crippen molar-refractivity contribution in [2.75, 3.05) is 26.7 Å². The molecule has 0 unspecified atom stereocenters. The van der Waals surface area contributed by atoms with Crippen molar-refractivity contribution < 1.29 is 22.4 Å². The van der Waals surface area contributed by atoms with Crippen molar-refractivity contribution in [1.82, 2.24) is 9.62 Å². The number of methoxy groups -OCH3 is 1. The molecular weight excluding hydrogens is 380 g/mol. The highest BCUT2D eigenvalue weighted by atomic mass is 32.2. The van der Waals surface area contributed by atoms with E-state index in [9.17, 15) is 13.2 Å². The van der Waals surface area contributed by atoms with Crippen LogP contribution in [0.2, 0.25) is 0 Å². The van der Waals surface area contributed by atoms with Crippen LogP contribution in [0.3, 0.4) is 0 Å². The molecule has 1 aromatic heterocycles. The molecule has 2 heterocycles. The number of carbonyl (C=O) groups is 1. The second-order valence-electron chi connectivity index (χ2n) is 7.11. The number of furan rings is 1. The molecule has 1 aromatic carbocycles. The molecule has 2 aromatic rings. The van der Waals surface area contributed by atoms with Crippen LogP contribution in [0.1, 0.15) is 34.7 Å². The van der Waals surface area contributed by atoms with Crippen LogP contribution in [0.15, 0.2) is 39.6 Å². The number of rotatable bonds is 6. The average molecular weight is 407 g/mol. The monoisotopic (exact) mass is 406 g/mol. The summed E-state index contributed by atoms with van der Waals surface area (Å²) in [5.74, 6) is 1.94. The van der Waals surface area contributed by atoms with Crippen molar-refractivity contribution in [2.45, 2.75) is 31.6 Å². The van der Waals surface area contributed by atoms with Gasteiger partial charge in [-0.3, -0.25) is 4.79 Å². The highest BCUT2D eigenvalue weighted by molar-refractivity contribution is 7.89. The highest BCUT2D eigenvalue weighted by Crippen LogP contribution is 2.22. The minimum atomic E-state index is -3.60. The number of piperidine rings is 1. The lowest BCUT2D eigenvalue weighted by molar-refractivity contribution is 0.0674. The average Bonchev–Trinajstić information content (AvgIpc) is 3.04. The second kappa shape index (κ2) is 8.36. The van der Waals surface area contributed by atoms with Gasteiger partial charge in [-0.05, 0) is 62.9 Å². The molecule has 0 aliphatic carbocycles. The molecule has 1 aliphatic rings. The van der Waals surface area contributed by atoms with E-state index in [-0.39, 0.29) is 16.7 Å². The minimum Gasteiger partial charge on any atom is -0.497 e. The van der Waals surface area contributed by atoms with Crippen LogP contribution in [0, 0.1) is 19.8 Å². The van der Waals surface area contributed by atoms with Gasteiger partial charge in [0.2, 0.25) is 10.0 Å². The van der Waals surface area contributed by atoms with Gasteiger partial charge in [0.25, 0.3) is 5.91 Å². The number of ether oxygens (including phenoxy) is 1. The third-order valence-electron chi connectivity index (χ3n) is 5.01. The van der Waals surface area contributed by atoms with Gasteiger partial charge < -0.3 is 14.1 Å². The summed E-state index contributed by atoms with van der Waals surface area (Å²) in [6, 6.07) is 8.02. The van der Waals surface area contributed by atoms with Crippen LogP contribution < -0.4 is 9.46 Å². The molecule has 8 heteroatoms. The molecule has 152 valence electrons. The van der Waals surface area contributed by atoms with Crippen LogP contribution in [-0.4, -0.2) is 46.0 Å². The van der Waals surface area contributed by atoms with Gasteiger partial charge in [-0.15, -0.1) is 0 Å². The number of hydrogen-bond donors (Lipinski definition) is 1. The SMILES string of the molecule is COc1ccc(S(=O)(=O)NC[C@@H]2CCCN(C(=O)c3cc(C)oc3C)C2)cc1. The summed E-state index contributed by atoms with van der Waals surface area (Å²) >= 11 is 0. The summed E-state index contributed by atoms with van der Waals surface area (Å²) in [7, 11) is -2.07. The summed E-state index contributed by atoms with van der Waals surface area (Å²) in [6.45, 7) is 5.08. The largest absolute Gasteiger partial charge is 0.497 e. The van der Waals surface area contributed by atoms with Gasteiger partial charge in [0, 0.05) is 19.6 Å². The number of hydrogen-bond acceptors (Lipinski definition) is 5. The number of benzene rings is 1.